The second-order valence-corrected chi connectivity index (χ2v) is 11.5. The molecule has 2 N–H and O–H groups in total. The van der Waals surface area contributed by atoms with Crippen LogP contribution in [0.25, 0.3) is 0 Å². The van der Waals surface area contributed by atoms with Crippen LogP contribution in [0.4, 0.5) is 8.78 Å². The first-order valence-electron chi connectivity index (χ1n) is 12.8. The number of Topliss-reactive ketones (excluding diaryl/α,β-unsaturated/α-hetero) is 1. The van der Waals surface area contributed by atoms with E-state index in [1.165, 1.54) is 19.1 Å². The lowest BCUT2D eigenvalue weighted by atomic mass is 9.45. The maximum atomic E-state index is 17.3. The fourth-order valence-electron chi connectivity index (χ4n) is 8.07. The molecule has 0 spiro atoms. The minimum absolute atomic E-state index is 0.0125. The summed E-state index contributed by atoms with van der Waals surface area (Å²) in [5, 5.41) is 30.7. The van der Waals surface area contributed by atoms with E-state index in [1.54, 1.807) is 13.8 Å². The quantitative estimate of drug-likeness (QED) is 0.204. The molecular formula is C26H33F2NO9. The van der Waals surface area contributed by atoms with E-state index in [1.807, 2.05) is 0 Å². The molecule has 4 aliphatic rings. The number of esters is 1. The SMILES string of the molecule is C[C@@H]1C[C@H]2C3CC(F)=C4CC(=O)C=C[C@]4(C)[C@@]3(F)[C@@H](O)C[C@]2(C)[C@@]1(OC(=O)CCCO[N+](=O)[O-])C(=O)CO. The van der Waals surface area contributed by atoms with Crippen LogP contribution in [0.3, 0.4) is 0 Å². The number of aliphatic hydroxyl groups is 2. The average molecular weight is 542 g/mol. The number of nitrogens with zero attached hydrogens (tertiary/aromatic N) is 1. The molecule has 0 heterocycles. The summed E-state index contributed by atoms with van der Waals surface area (Å²) in [6.07, 6.45) is -0.393. The first kappa shape index (κ1) is 28.3. The third-order valence-electron chi connectivity index (χ3n) is 9.75. The van der Waals surface area contributed by atoms with Crippen LogP contribution in [0.5, 0.6) is 0 Å². The van der Waals surface area contributed by atoms with Crippen LogP contribution in [0.1, 0.15) is 59.3 Å². The number of halogens is 2. The van der Waals surface area contributed by atoms with Crippen molar-refractivity contribution in [1.82, 2.24) is 0 Å². The van der Waals surface area contributed by atoms with Crippen LogP contribution >= 0.6 is 0 Å². The highest BCUT2D eigenvalue weighted by atomic mass is 19.1. The van der Waals surface area contributed by atoms with E-state index < -0.39 is 75.2 Å². The summed E-state index contributed by atoms with van der Waals surface area (Å²) in [4.78, 5) is 52.8. The Morgan fingerprint density at radius 1 is 1.29 bits per heavy atom. The lowest BCUT2D eigenvalue weighted by Gasteiger charge is -2.62. The predicted molar refractivity (Wildman–Crippen MR) is 126 cm³/mol. The van der Waals surface area contributed by atoms with Crippen molar-refractivity contribution in [2.24, 2.45) is 28.6 Å². The van der Waals surface area contributed by atoms with Crippen LogP contribution < -0.4 is 0 Å². The van der Waals surface area contributed by atoms with Crippen molar-refractivity contribution in [1.29, 1.82) is 0 Å². The van der Waals surface area contributed by atoms with Gasteiger partial charge in [-0.15, -0.1) is 10.1 Å². The highest BCUT2D eigenvalue weighted by Gasteiger charge is 2.77. The Morgan fingerprint density at radius 3 is 2.61 bits per heavy atom. The van der Waals surface area contributed by atoms with Crippen LogP contribution in [0.15, 0.2) is 23.6 Å². The monoisotopic (exact) mass is 541 g/mol. The zero-order chi connectivity index (χ0) is 28.3. The second kappa shape index (κ2) is 9.48. The molecule has 210 valence electrons. The normalized spacial score (nSPS) is 41.7. The smallest absolute Gasteiger partial charge is 0.306 e. The van der Waals surface area contributed by atoms with Crippen molar-refractivity contribution in [2.45, 2.75) is 76.7 Å². The number of hydrogen-bond donors (Lipinski definition) is 2. The molecule has 0 radical (unpaired) electrons. The Labute approximate surface area is 218 Å². The third kappa shape index (κ3) is 3.74. The lowest BCUT2D eigenvalue weighted by molar-refractivity contribution is -0.757. The first-order chi connectivity index (χ1) is 17.7. The molecular weight excluding hydrogens is 508 g/mol. The van der Waals surface area contributed by atoms with E-state index in [2.05, 4.69) is 4.84 Å². The van der Waals surface area contributed by atoms with E-state index >= 15 is 8.78 Å². The molecule has 4 rings (SSSR count). The fraction of sp³-hybridized carbons (Fsp3) is 0.731. The Hall–Kier alpha value is -2.73. The minimum Gasteiger partial charge on any atom is -0.450 e. The number of rotatable bonds is 8. The zero-order valence-corrected chi connectivity index (χ0v) is 21.6. The van der Waals surface area contributed by atoms with Crippen LogP contribution in [-0.2, 0) is 24.0 Å². The van der Waals surface area contributed by atoms with E-state index in [9.17, 15) is 34.7 Å². The van der Waals surface area contributed by atoms with Crippen molar-refractivity contribution in [3.05, 3.63) is 33.7 Å². The van der Waals surface area contributed by atoms with E-state index in [0.29, 0.717) is 0 Å². The van der Waals surface area contributed by atoms with Crippen molar-refractivity contribution in [3.8, 4) is 0 Å². The molecule has 0 aromatic rings. The molecule has 4 aliphatic carbocycles. The van der Waals surface area contributed by atoms with Crippen molar-refractivity contribution in [2.75, 3.05) is 13.2 Å². The molecule has 38 heavy (non-hydrogen) atoms. The molecule has 1 unspecified atom stereocenters. The van der Waals surface area contributed by atoms with Gasteiger partial charge >= 0.3 is 5.97 Å². The molecule has 10 nitrogen and oxygen atoms in total. The van der Waals surface area contributed by atoms with Gasteiger partial charge in [0.05, 0.1) is 12.7 Å². The Bertz CT molecular complexity index is 1120. The predicted octanol–water partition coefficient (Wildman–Crippen LogP) is 2.73. The Morgan fingerprint density at radius 2 is 1.97 bits per heavy atom. The Balaban J connectivity index is 1.74. The topological polar surface area (TPSA) is 153 Å². The van der Waals surface area contributed by atoms with Crippen molar-refractivity contribution in [3.63, 3.8) is 0 Å². The number of fused-ring (bicyclic) bond motifs is 5. The summed E-state index contributed by atoms with van der Waals surface area (Å²) in [6.45, 7) is 3.35. The molecule has 0 bridgehead atoms. The average Bonchev–Trinajstić information content (AvgIpc) is 3.06. The minimum atomic E-state index is -2.36. The maximum Gasteiger partial charge on any atom is 0.306 e. The summed E-state index contributed by atoms with van der Waals surface area (Å²) in [5.41, 5.74) is -7.23. The molecule has 0 amide bonds. The summed E-state index contributed by atoms with van der Waals surface area (Å²) >= 11 is 0. The summed E-state index contributed by atoms with van der Waals surface area (Å²) in [7, 11) is 0. The van der Waals surface area contributed by atoms with E-state index in [0.717, 1.165) is 0 Å². The van der Waals surface area contributed by atoms with Crippen LogP contribution in [0.2, 0.25) is 0 Å². The van der Waals surface area contributed by atoms with Gasteiger partial charge < -0.3 is 19.8 Å². The van der Waals surface area contributed by atoms with Gasteiger partial charge in [0.2, 0.25) is 5.78 Å². The van der Waals surface area contributed by atoms with Crippen LogP contribution in [-0.4, -0.2) is 63.4 Å². The van der Waals surface area contributed by atoms with E-state index in [4.69, 9.17) is 4.74 Å². The van der Waals surface area contributed by atoms with Gasteiger partial charge in [-0.25, -0.2) is 8.78 Å². The number of aliphatic hydroxyl groups excluding tert-OH is 2. The standard InChI is InChI=1S/C26H33F2NO9/c1-14-9-16-17-11-19(27)18-10-15(31)6-7-23(18,2)25(17,28)20(32)12-24(16,3)26(14,21(33)13-30)38-22(34)5-4-8-37-29(35)36/h6-7,14,16-17,20,30,32H,4-5,8-13H2,1-3H3/t14-,16+,17?,20+,23+,24+,25+,26+/m1/s1. The van der Waals surface area contributed by atoms with Gasteiger partial charge in [0.15, 0.2) is 17.1 Å². The van der Waals surface area contributed by atoms with Crippen LogP contribution in [0, 0.1) is 38.7 Å². The molecule has 8 atom stereocenters. The fourth-order valence-corrected chi connectivity index (χ4v) is 8.07. The molecule has 2 fully saturated rings. The van der Waals surface area contributed by atoms with Gasteiger partial charge in [-0.3, -0.25) is 14.4 Å². The second-order valence-electron chi connectivity index (χ2n) is 11.5. The molecule has 0 aromatic heterocycles. The largest absolute Gasteiger partial charge is 0.450 e. The third-order valence-corrected chi connectivity index (χ3v) is 9.75. The number of alkyl halides is 1. The van der Waals surface area contributed by atoms with Gasteiger partial charge in [0.1, 0.15) is 12.4 Å². The van der Waals surface area contributed by atoms with Gasteiger partial charge in [0, 0.05) is 41.9 Å². The Kier molecular flexibility index (Phi) is 7.05. The molecule has 0 saturated heterocycles. The number of allylic oxidation sites excluding steroid dienone is 4. The summed E-state index contributed by atoms with van der Waals surface area (Å²) < 4.78 is 38.7. The van der Waals surface area contributed by atoms with Gasteiger partial charge in [-0.2, -0.15) is 0 Å². The van der Waals surface area contributed by atoms with E-state index in [-0.39, 0.29) is 56.5 Å². The van der Waals surface area contributed by atoms with Gasteiger partial charge in [-0.05, 0) is 43.8 Å². The summed E-state index contributed by atoms with van der Waals surface area (Å²) in [5.74, 6) is -5.20. The number of ether oxygens (including phenoxy) is 1. The van der Waals surface area contributed by atoms with Crippen molar-refractivity contribution >= 4 is 17.5 Å². The van der Waals surface area contributed by atoms with Gasteiger partial charge in [0.25, 0.3) is 5.09 Å². The lowest BCUT2D eigenvalue weighted by Crippen LogP contribution is -2.70. The zero-order valence-electron chi connectivity index (χ0n) is 21.6. The maximum absolute atomic E-state index is 17.3. The van der Waals surface area contributed by atoms with Crippen molar-refractivity contribution < 1.29 is 48.0 Å². The van der Waals surface area contributed by atoms with Gasteiger partial charge in [-0.1, -0.05) is 19.9 Å². The number of carbonyl (C=O) groups is 3. The highest BCUT2D eigenvalue weighted by Crippen LogP contribution is 2.71. The number of ketones is 2. The molecule has 0 aromatic carbocycles. The molecule has 12 heteroatoms. The molecule has 2 saturated carbocycles. The number of carbonyl (C=O) groups excluding carboxylic acids is 3. The summed E-state index contributed by atoms with van der Waals surface area (Å²) in [6, 6.07) is 0. The number of hydrogen-bond acceptors (Lipinski definition) is 9. The molecule has 0 aliphatic heterocycles. The first-order valence-corrected chi connectivity index (χ1v) is 12.8. The highest BCUT2D eigenvalue weighted by molar-refractivity contribution is 5.94.